The molecule has 116 valence electrons. The predicted molar refractivity (Wildman–Crippen MR) is 83.7 cm³/mol. The SMILES string of the molecule is COc1cc(CNCC2CCC(C)C2)ccc1/C(N)=N/O. The number of nitrogens with one attached hydrogen (secondary N) is 1. The van der Waals surface area contributed by atoms with Crippen molar-refractivity contribution >= 4 is 5.84 Å². The Morgan fingerprint density at radius 2 is 2.29 bits per heavy atom. The summed E-state index contributed by atoms with van der Waals surface area (Å²) in [6, 6.07) is 5.72. The second-order valence-corrected chi connectivity index (χ2v) is 5.94. The second-order valence-electron chi connectivity index (χ2n) is 5.94. The van der Waals surface area contributed by atoms with Crippen LogP contribution in [0.4, 0.5) is 0 Å². The Labute approximate surface area is 126 Å². The molecule has 2 rings (SSSR count). The topological polar surface area (TPSA) is 79.9 Å². The van der Waals surface area contributed by atoms with Crippen molar-refractivity contribution in [2.75, 3.05) is 13.7 Å². The van der Waals surface area contributed by atoms with E-state index in [2.05, 4.69) is 17.4 Å². The Hall–Kier alpha value is -1.75. The van der Waals surface area contributed by atoms with E-state index in [1.165, 1.54) is 19.3 Å². The Morgan fingerprint density at radius 3 is 2.90 bits per heavy atom. The van der Waals surface area contributed by atoms with Crippen LogP contribution < -0.4 is 15.8 Å². The van der Waals surface area contributed by atoms with Gasteiger partial charge in [0.05, 0.1) is 12.7 Å². The second kappa shape index (κ2) is 7.31. The van der Waals surface area contributed by atoms with Gasteiger partial charge in [-0.3, -0.25) is 0 Å². The van der Waals surface area contributed by atoms with Crippen LogP contribution in [0.3, 0.4) is 0 Å². The maximum Gasteiger partial charge on any atom is 0.173 e. The molecule has 1 fully saturated rings. The van der Waals surface area contributed by atoms with Gasteiger partial charge in [-0.05, 0) is 48.9 Å². The van der Waals surface area contributed by atoms with Gasteiger partial charge in [0.2, 0.25) is 0 Å². The molecular weight excluding hydrogens is 266 g/mol. The highest BCUT2D eigenvalue weighted by Crippen LogP contribution is 2.29. The number of amidine groups is 1. The van der Waals surface area contributed by atoms with Crippen LogP contribution >= 0.6 is 0 Å². The van der Waals surface area contributed by atoms with Crippen LogP contribution in [0.25, 0.3) is 0 Å². The van der Waals surface area contributed by atoms with E-state index < -0.39 is 0 Å². The Bertz CT molecular complexity index is 502. The molecule has 0 aromatic heterocycles. The van der Waals surface area contributed by atoms with Crippen molar-refractivity contribution in [2.24, 2.45) is 22.7 Å². The average molecular weight is 291 g/mol. The number of benzene rings is 1. The zero-order valence-corrected chi connectivity index (χ0v) is 12.8. The molecule has 0 heterocycles. The number of ether oxygens (including phenoxy) is 1. The van der Waals surface area contributed by atoms with Gasteiger partial charge in [0, 0.05) is 6.54 Å². The summed E-state index contributed by atoms with van der Waals surface area (Å²) in [5, 5.41) is 15.3. The minimum Gasteiger partial charge on any atom is -0.496 e. The number of nitrogens with two attached hydrogens (primary N) is 1. The molecule has 0 saturated heterocycles. The lowest BCUT2D eigenvalue weighted by Crippen LogP contribution is -2.21. The maximum atomic E-state index is 8.76. The summed E-state index contributed by atoms with van der Waals surface area (Å²) in [4.78, 5) is 0. The summed E-state index contributed by atoms with van der Waals surface area (Å²) in [7, 11) is 1.58. The monoisotopic (exact) mass is 291 g/mol. The number of hydrogen-bond acceptors (Lipinski definition) is 4. The smallest absolute Gasteiger partial charge is 0.173 e. The quantitative estimate of drug-likeness (QED) is 0.325. The molecule has 0 radical (unpaired) electrons. The Morgan fingerprint density at radius 1 is 1.48 bits per heavy atom. The van der Waals surface area contributed by atoms with Crippen molar-refractivity contribution in [1.29, 1.82) is 0 Å². The zero-order chi connectivity index (χ0) is 15.2. The fourth-order valence-corrected chi connectivity index (χ4v) is 3.04. The third-order valence-electron chi connectivity index (χ3n) is 4.22. The lowest BCUT2D eigenvalue weighted by atomic mass is 10.1. The molecule has 0 spiro atoms. The first-order chi connectivity index (χ1) is 10.1. The molecule has 4 N–H and O–H groups in total. The standard InChI is InChI=1S/C16H25N3O2/c1-11-3-4-12(7-11)9-18-10-13-5-6-14(16(17)19-20)15(8-13)21-2/h5-6,8,11-12,18,20H,3-4,7,9-10H2,1-2H3,(H2,17,19). The van der Waals surface area contributed by atoms with Gasteiger partial charge in [0.15, 0.2) is 5.84 Å². The summed E-state index contributed by atoms with van der Waals surface area (Å²) in [6.07, 6.45) is 4.02. The Kier molecular flexibility index (Phi) is 5.44. The van der Waals surface area contributed by atoms with Crippen molar-refractivity contribution in [3.05, 3.63) is 29.3 Å². The van der Waals surface area contributed by atoms with Crippen molar-refractivity contribution in [1.82, 2.24) is 5.32 Å². The van der Waals surface area contributed by atoms with Crippen LogP contribution in [0.2, 0.25) is 0 Å². The molecule has 0 amide bonds. The lowest BCUT2D eigenvalue weighted by molar-refractivity contribution is 0.318. The first kappa shape index (κ1) is 15.6. The van der Waals surface area contributed by atoms with E-state index >= 15 is 0 Å². The molecule has 2 unspecified atom stereocenters. The minimum absolute atomic E-state index is 0.0614. The third-order valence-corrected chi connectivity index (χ3v) is 4.22. The number of oxime groups is 1. The molecule has 1 aliphatic rings. The molecule has 1 aliphatic carbocycles. The largest absolute Gasteiger partial charge is 0.496 e. The summed E-state index contributed by atoms with van der Waals surface area (Å²) >= 11 is 0. The van der Waals surface area contributed by atoms with E-state index in [1.807, 2.05) is 18.2 Å². The zero-order valence-electron chi connectivity index (χ0n) is 12.8. The van der Waals surface area contributed by atoms with E-state index in [0.29, 0.717) is 11.3 Å². The fraction of sp³-hybridized carbons (Fsp3) is 0.562. The summed E-state index contributed by atoms with van der Waals surface area (Å²) < 4.78 is 5.30. The molecule has 1 aromatic carbocycles. The van der Waals surface area contributed by atoms with Gasteiger partial charge in [-0.25, -0.2) is 0 Å². The van der Waals surface area contributed by atoms with E-state index in [0.717, 1.165) is 30.5 Å². The van der Waals surface area contributed by atoms with Crippen LogP contribution in [-0.4, -0.2) is 24.7 Å². The molecule has 2 atom stereocenters. The molecule has 5 nitrogen and oxygen atoms in total. The van der Waals surface area contributed by atoms with Crippen molar-refractivity contribution in [3.8, 4) is 5.75 Å². The molecule has 21 heavy (non-hydrogen) atoms. The number of nitrogens with zero attached hydrogens (tertiary/aromatic N) is 1. The van der Waals surface area contributed by atoms with E-state index in [4.69, 9.17) is 15.7 Å². The van der Waals surface area contributed by atoms with E-state index in [-0.39, 0.29) is 5.84 Å². The highest BCUT2D eigenvalue weighted by molar-refractivity contribution is 5.99. The molecule has 0 bridgehead atoms. The third kappa shape index (κ3) is 4.11. The number of rotatable bonds is 6. The maximum absolute atomic E-state index is 8.76. The van der Waals surface area contributed by atoms with Crippen molar-refractivity contribution < 1.29 is 9.94 Å². The number of methoxy groups -OCH3 is 1. The minimum atomic E-state index is 0.0614. The van der Waals surface area contributed by atoms with E-state index in [9.17, 15) is 0 Å². The van der Waals surface area contributed by atoms with Crippen LogP contribution in [0.5, 0.6) is 5.75 Å². The van der Waals surface area contributed by atoms with Crippen LogP contribution in [-0.2, 0) is 6.54 Å². The summed E-state index contributed by atoms with van der Waals surface area (Å²) in [5.74, 6) is 2.36. The van der Waals surface area contributed by atoms with Gasteiger partial charge < -0.3 is 21.0 Å². The van der Waals surface area contributed by atoms with Crippen LogP contribution in [0, 0.1) is 11.8 Å². The van der Waals surface area contributed by atoms with Gasteiger partial charge in [-0.2, -0.15) is 0 Å². The van der Waals surface area contributed by atoms with Gasteiger partial charge in [0.1, 0.15) is 5.75 Å². The molecule has 1 saturated carbocycles. The van der Waals surface area contributed by atoms with Crippen molar-refractivity contribution in [3.63, 3.8) is 0 Å². The average Bonchev–Trinajstić information content (AvgIpc) is 2.91. The predicted octanol–water partition coefficient (Wildman–Crippen LogP) is 2.32. The van der Waals surface area contributed by atoms with Crippen LogP contribution in [0.1, 0.15) is 37.3 Å². The molecule has 0 aliphatic heterocycles. The van der Waals surface area contributed by atoms with E-state index in [1.54, 1.807) is 7.11 Å². The first-order valence-electron chi connectivity index (χ1n) is 7.49. The summed E-state index contributed by atoms with van der Waals surface area (Å²) in [5.41, 5.74) is 7.36. The first-order valence-corrected chi connectivity index (χ1v) is 7.49. The lowest BCUT2D eigenvalue weighted by Gasteiger charge is -2.13. The van der Waals surface area contributed by atoms with Crippen LogP contribution in [0.15, 0.2) is 23.4 Å². The molecule has 1 aromatic rings. The number of hydrogen-bond donors (Lipinski definition) is 3. The van der Waals surface area contributed by atoms with Crippen molar-refractivity contribution in [2.45, 2.75) is 32.7 Å². The molecule has 5 heteroatoms. The van der Waals surface area contributed by atoms with Gasteiger partial charge in [0.25, 0.3) is 0 Å². The fourth-order valence-electron chi connectivity index (χ4n) is 3.04. The van der Waals surface area contributed by atoms with Gasteiger partial charge >= 0.3 is 0 Å². The highest BCUT2D eigenvalue weighted by atomic mass is 16.5. The van der Waals surface area contributed by atoms with Gasteiger partial charge in [-0.15, -0.1) is 0 Å². The molecular formula is C16H25N3O2. The highest BCUT2D eigenvalue weighted by Gasteiger charge is 2.20. The van der Waals surface area contributed by atoms with Gasteiger partial charge in [-0.1, -0.05) is 24.6 Å². The summed E-state index contributed by atoms with van der Waals surface area (Å²) in [6.45, 7) is 4.20. The normalized spacial score (nSPS) is 22.5. The Balaban J connectivity index is 1.92.